The first-order valence-corrected chi connectivity index (χ1v) is 9.91. The van der Waals surface area contributed by atoms with Gasteiger partial charge in [-0.2, -0.15) is 5.10 Å². The quantitative estimate of drug-likeness (QED) is 0.253. The predicted molar refractivity (Wildman–Crippen MR) is 115 cm³/mol. The van der Waals surface area contributed by atoms with E-state index in [2.05, 4.69) is 20.1 Å². The molecule has 10 heteroatoms. The summed E-state index contributed by atoms with van der Waals surface area (Å²) in [7, 11) is 3.38. The SMILES string of the molecule is CCOC(=O)c1nc(-c2cc3cn(C)nc3c(C)c2OCOC)nc2ccc(Cl)nc12. The van der Waals surface area contributed by atoms with E-state index in [1.807, 2.05) is 26.2 Å². The van der Waals surface area contributed by atoms with Crippen LogP contribution < -0.4 is 4.74 Å². The highest BCUT2D eigenvalue weighted by molar-refractivity contribution is 6.29. The second-order valence-electron chi connectivity index (χ2n) is 6.79. The van der Waals surface area contributed by atoms with Gasteiger partial charge in [-0.25, -0.2) is 19.7 Å². The van der Waals surface area contributed by atoms with Gasteiger partial charge in [0.25, 0.3) is 0 Å². The minimum atomic E-state index is -0.607. The molecule has 1 aromatic carbocycles. The summed E-state index contributed by atoms with van der Waals surface area (Å²) in [5.74, 6) is 0.202. The highest BCUT2D eigenvalue weighted by atomic mass is 35.5. The Morgan fingerprint density at radius 1 is 1.19 bits per heavy atom. The van der Waals surface area contributed by atoms with Gasteiger partial charge in [0.2, 0.25) is 0 Å². The molecule has 0 N–H and O–H groups in total. The topological polar surface area (TPSA) is 101 Å². The van der Waals surface area contributed by atoms with Crippen molar-refractivity contribution in [2.24, 2.45) is 7.05 Å². The molecule has 3 aromatic heterocycles. The number of hydrogen-bond acceptors (Lipinski definition) is 8. The molecule has 0 radical (unpaired) electrons. The van der Waals surface area contributed by atoms with Gasteiger partial charge in [-0.3, -0.25) is 4.68 Å². The number of esters is 1. The van der Waals surface area contributed by atoms with Crippen LogP contribution in [0, 0.1) is 6.92 Å². The maximum Gasteiger partial charge on any atom is 0.359 e. The number of hydrogen-bond donors (Lipinski definition) is 0. The monoisotopic (exact) mass is 441 g/mol. The molecule has 4 aromatic rings. The molecular formula is C21H20ClN5O4. The maximum atomic E-state index is 12.6. The molecule has 0 amide bonds. The second kappa shape index (κ2) is 8.44. The van der Waals surface area contributed by atoms with Crippen molar-refractivity contribution < 1.29 is 19.0 Å². The van der Waals surface area contributed by atoms with Crippen LogP contribution in [0.25, 0.3) is 33.3 Å². The fourth-order valence-corrected chi connectivity index (χ4v) is 3.50. The normalized spacial score (nSPS) is 11.3. The third-order valence-corrected chi connectivity index (χ3v) is 4.85. The fourth-order valence-electron chi connectivity index (χ4n) is 3.36. The lowest BCUT2D eigenvalue weighted by Gasteiger charge is -2.14. The van der Waals surface area contributed by atoms with Crippen molar-refractivity contribution in [1.29, 1.82) is 0 Å². The summed E-state index contributed by atoms with van der Waals surface area (Å²) < 4.78 is 17.9. The van der Waals surface area contributed by atoms with Gasteiger partial charge in [0.05, 0.1) is 23.2 Å². The van der Waals surface area contributed by atoms with Crippen molar-refractivity contribution in [2.45, 2.75) is 13.8 Å². The van der Waals surface area contributed by atoms with Crippen LogP contribution >= 0.6 is 11.6 Å². The summed E-state index contributed by atoms with van der Waals surface area (Å²) in [6.07, 6.45) is 1.89. The number of ether oxygens (including phenoxy) is 3. The zero-order valence-electron chi connectivity index (χ0n) is 17.5. The van der Waals surface area contributed by atoms with Crippen molar-refractivity contribution in [3.63, 3.8) is 0 Å². The van der Waals surface area contributed by atoms with E-state index in [9.17, 15) is 4.79 Å². The molecule has 9 nitrogen and oxygen atoms in total. The third kappa shape index (κ3) is 3.89. The summed E-state index contributed by atoms with van der Waals surface area (Å²) in [5.41, 5.74) is 2.95. The number of rotatable bonds is 6. The minimum Gasteiger partial charge on any atom is -0.466 e. The number of methoxy groups -OCH3 is 1. The van der Waals surface area contributed by atoms with Crippen molar-refractivity contribution in [3.8, 4) is 17.1 Å². The number of halogens is 1. The number of fused-ring (bicyclic) bond motifs is 2. The molecule has 3 heterocycles. The lowest BCUT2D eigenvalue weighted by molar-refractivity contribution is 0.0508. The Morgan fingerprint density at radius 3 is 2.74 bits per heavy atom. The molecule has 4 rings (SSSR count). The molecule has 0 saturated carbocycles. The van der Waals surface area contributed by atoms with Gasteiger partial charge in [-0.05, 0) is 32.0 Å². The van der Waals surface area contributed by atoms with E-state index in [1.54, 1.807) is 23.7 Å². The van der Waals surface area contributed by atoms with Crippen molar-refractivity contribution in [1.82, 2.24) is 24.7 Å². The van der Waals surface area contributed by atoms with Crippen LogP contribution in [-0.4, -0.2) is 51.2 Å². The number of carbonyl (C=O) groups excluding carboxylic acids is 1. The Hall–Kier alpha value is -3.30. The Balaban J connectivity index is 2.01. The molecule has 0 atom stereocenters. The van der Waals surface area contributed by atoms with E-state index in [0.29, 0.717) is 22.7 Å². The minimum absolute atomic E-state index is 0.0294. The van der Waals surface area contributed by atoms with Gasteiger partial charge in [-0.1, -0.05) is 11.6 Å². The molecule has 0 saturated heterocycles. The lowest BCUT2D eigenvalue weighted by atomic mass is 10.0. The van der Waals surface area contributed by atoms with Crippen LogP contribution in [0.2, 0.25) is 5.15 Å². The lowest BCUT2D eigenvalue weighted by Crippen LogP contribution is -2.11. The van der Waals surface area contributed by atoms with Crippen LogP contribution in [-0.2, 0) is 16.5 Å². The third-order valence-electron chi connectivity index (χ3n) is 4.64. The number of aromatic nitrogens is 5. The first-order chi connectivity index (χ1) is 14.9. The van der Waals surface area contributed by atoms with E-state index in [0.717, 1.165) is 16.5 Å². The summed E-state index contributed by atoms with van der Waals surface area (Å²) in [4.78, 5) is 26.0. The second-order valence-corrected chi connectivity index (χ2v) is 7.17. The molecular weight excluding hydrogens is 422 g/mol. The maximum absolute atomic E-state index is 12.6. The molecule has 0 aliphatic heterocycles. The van der Waals surface area contributed by atoms with Crippen LogP contribution in [0.1, 0.15) is 23.0 Å². The number of nitrogens with zero attached hydrogens (tertiary/aromatic N) is 5. The Labute approximate surface area is 182 Å². The first kappa shape index (κ1) is 21.0. The smallest absolute Gasteiger partial charge is 0.359 e. The highest BCUT2D eigenvalue weighted by Crippen LogP contribution is 2.37. The van der Waals surface area contributed by atoms with Crippen LogP contribution in [0.15, 0.2) is 24.4 Å². The zero-order chi connectivity index (χ0) is 22.1. The Morgan fingerprint density at radius 2 is 2.00 bits per heavy atom. The van der Waals surface area contributed by atoms with Gasteiger partial charge >= 0.3 is 5.97 Å². The molecule has 0 spiro atoms. The summed E-state index contributed by atoms with van der Waals surface area (Å²) in [6, 6.07) is 5.16. The molecule has 0 aliphatic carbocycles. The zero-order valence-corrected chi connectivity index (χ0v) is 18.2. The Kier molecular flexibility index (Phi) is 5.71. The Bertz CT molecular complexity index is 1300. The average molecular weight is 442 g/mol. The van der Waals surface area contributed by atoms with E-state index in [4.69, 9.17) is 25.8 Å². The van der Waals surface area contributed by atoms with Crippen molar-refractivity contribution in [3.05, 3.63) is 40.8 Å². The highest BCUT2D eigenvalue weighted by Gasteiger charge is 2.23. The predicted octanol–water partition coefficient (Wildman–Crippen LogP) is 3.70. The van der Waals surface area contributed by atoms with E-state index < -0.39 is 5.97 Å². The number of aryl methyl sites for hydroxylation is 2. The van der Waals surface area contributed by atoms with Gasteiger partial charge < -0.3 is 14.2 Å². The number of pyridine rings is 1. The van der Waals surface area contributed by atoms with Crippen LogP contribution in [0.4, 0.5) is 0 Å². The van der Waals surface area contributed by atoms with Crippen LogP contribution in [0.3, 0.4) is 0 Å². The molecule has 0 bridgehead atoms. The summed E-state index contributed by atoms with van der Waals surface area (Å²) in [5, 5.41) is 5.61. The van der Waals surface area contributed by atoms with E-state index in [-0.39, 0.29) is 29.8 Å². The molecule has 31 heavy (non-hydrogen) atoms. The van der Waals surface area contributed by atoms with Gasteiger partial charge in [0.1, 0.15) is 16.4 Å². The number of carbonyl (C=O) groups is 1. The molecule has 0 fully saturated rings. The molecule has 0 aliphatic rings. The summed E-state index contributed by atoms with van der Waals surface area (Å²) in [6.45, 7) is 3.85. The van der Waals surface area contributed by atoms with Crippen molar-refractivity contribution >= 4 is 39.5 Å². The molecule has 160 valence electrons. The first-order valence-electron chi connectivity index (χ1n) is 9.53. The van der Waals surface area contributed by atoms with E-state index in [1.165, 1.54) is 7.11 Å². The standard InChI is InChI=1S/C21H20ClN5O4/c1-5-30-21(28)18-17-14(6-7-15(22)24-17)23-20(25-18)13-8-12-9-27(3)26-16(12)11(2)19(13)31-10-29-4/h6-9H,5,10H2,1-4H3. The van der Waals surface area contributed by atoms with Gasteiger partial charge in [0.15, 0.2) is 18.3 Å². The van der Waals surface area contributed by atoms with Gasteiger partial charge in [0, 0.05) is 31.3 Å². The fraction of sp³-hybridized carbons (Fsp3) is 0.286. The van der Waals surface area contributed by atoms with Crippen molar-refractivity contribution in [2.75, 3.05) is 20.5 Å². The van der Waals surface area contributed by atoms with Crippen LogP contribution in [0.5, 0.6) is 5.75 Å². The molecule has 0 unspecified atom stereocenters. The summed E-state index contributed by atoms with van der Waals surface area (Å²) >= 11 is 6.04. The van der Waals surface area contributed by atoms with Gasteiger partial charge in [-0.15, -0.1) is 0 Å². The van der Waals surface area contributed by atoms with E-state index >= 15 is 0 Å². The average Bonchev–Trinajstić information content (AvgIpc) is 3.13. The number of benzene rings is 1. The largest absolute Gasteiger partial charge is 0.466 e.